The Kier molecular flexibility index (Phi) is 5.90. The molecule has 1 rings (SSSR count). The number of carboxylic acids is 1. The molecule has 0 spiro atoms. The zero-order valence-corrected chi connectivity index (χ0v) is 11.5. The fourth-order valence-corrected chi connectivity index (χ4v) is 2.69. The topological polar surface area (TPSA) is 92.9 Å². The number of morpholine rings is 1. The number of hydrogen-bond donors (Lipinski definition) is 2. The van der Waals surface area contributed by atoms with E-state index in [1.807, 2.05) is 13.8 Å². The van der Waals surface area contributed by atoms with Gasteiger partial charge in [-0.3, -0.25) is 9.59 Å². The zero-order valence-electron chi connectivity index (χ0n) is 10.7. The molecule has 18 heavy (non-hydrogen) atoms. The lowest BCUT2D eigenvalue weighted by Crippen LogP contribution is -2.48. The van der Waals surface area contributed by atoms with Crippen LogP contribution in [0.5, 0.6) is 0 Å². The van der Waals surface area contributed by atoms with E-state index >= 15 is 0 Å². The number of hydrogen-bond acceptors (Lipinski definition) is 5. The van der Waals surface area contributed by atoms with E-state index in [1.165, 1.54) is 11.8 Å². The van der Waals surface area contributed by atoms with Crippen LogP contribution in [0.3, 0.4) is 0 Å². The highest BCUT2D eigenvalue weighted by Crippen LogP contribution is 2.13. The summed E-state index contributed by atoms with van der Waals surface area (Å²) in [5.74, 6) is -0.514. The zero-order chi connectivity index (χ0) is 13.7. The number of nitrogens with two attached hydrogens (primary N) is 1. The number of ether oxygens (including phenoxy) is 1. The van der Waals surface area contributed by atoms with E-state index in [2.05, 4.69) is 0 Å². The highest BCUT2D eigenvalue weighted by Gasteiger charge is 2.25. The van der Waals surface area contributed by atoms with Gasteiger partial charge in [0.1, 0.15) is 6.04 Å². The maximum atomic E-state index is 11.9. The summed E-state index contributed by atoms with van der Waals surface area (Å²) in [6, 6.07) is -0.912. The second-order valence-electron chi connectivity index (χ2n) is 4.52. The molecule has 3 atom stereocenters. The first-order chi connectivity index (χ1) is 8.40. The quantitative estimate of drug-likeness (QED) is 0.720. The normalized spacial score (nSPS) is 25.8. The van der Waals surface area contributed by atoms with E-state index in [1.54, 1.807) is 4.90 Å². The Balaban J connectivity index is 2.30. The van der Waals surface area contributed by atoms with Gasteiger partial charge >= 0.3 is 5.97 Å². The molecule has 104 valence electrons. The summed E-state index contributed by atoms with van der Waals surface area (Å²) in [5, 5.41) is 8.62. The van der Waals surface area contributed by atoms with Crippen molar-refractivity contribution in [2.45, 2.75) is 32.1 Å². The number of carbonyl (C=O) groups is 2. The highest BCUT2D eigenvalue weighted by molar-refractivity contribution is 8.00. The predicted molar refractivity (Wildman–Crippen MR) is 69.5 cm³/mol. The third-order valence-electron chi connectivity index (χ3n) is 2.61. The Morgan fingerprint density at radius 3 is 2.50 bits per heavy atom. The molecule has 0 bridgehead atoms. The van der Waals surface area contributed by atoms with Crippen LogP contribution in [0.15, 0.2) is 0 Å². The van der Waals surface area contributed by atoms with Crippen LogP contribution < -0.4 is 5.73 Å². The van der Waals surface area contributed by atoms with E-state index in [4.69, 9.17) is 15.6 Å². The van der Waals surface area contributed by atoms with Crippen molar-refractivity contribution in [2.24, 2.45) is 5.73 Å². The number of carbonyl (C=O) groups excluding carboxylic acids is 1. The van der Waals surface area contributed by atoms with Crippen molar-refractivity contribution in [1.29, 1.82) is 0 Å². The lowest BCUT2D eigenvalue weighted by atomic mass is 10.2. The van der Waals surface area contributed by atoms with Crippen LogP contribution in [0, 0.1) is 0 Å². The molecule has 6 nitrogen and oxygen atoms in total. The number of nitrogens with zero attached hydrogens (tertiary/aromatic N) is 1. The van der Waals surface area contributed by atoms with Crippen molar-refractivity contribution in [3.8, 4) is 0 Å². The molecule has 1 aliphatic rings. The van der Waals surface area contributed by atoms with Crippen molar-refractivity contribution in [1.82, 2.24) is 4.90 Å². The molecule has 0 aliphatic carbocycles. The Morgan fingerprint density at radius 1 is 1.44 bits per heavy atom. The largest absolute Gasteiger partial charge is 0.480 e. The average Bonchev–Trinajstić information content (AvgIpc) is 2.27. The Bertz CT molecular complexity index is 303. The van der Waals surface area contributed by atoms with Crippen LogP contribution in [0.4, 0.5) is 0 Å². The number of carboxylic acid groups (broad SMARTS) is 1. The third-order valence-corrected chi connectivity index (χ3v) is 3.66. The van der Waals surface area contributed by atoms with Gasteiger partial charge in [0.15, 0.2) is 0 Å². The van der Waals surface area contributed by atoms with Crippen molar-refractivity contribution in [2.75, 3.05) is 24.6 Å². The molecule has 1 heterocycles. The molecule has 0 aromatic heterocycles. The molecule has 1 fully saturated rings. The summed E-state index contributed by atoms with van der Waals surface area (Å²) in [7, 11) is 0. The molecular formula is C11H20N2O4S. The maximum absolute atomic E-state index is 11.9. The smallest absolute Gasteiger partial charge is 0.321 e. The van der Waals surface area contributed by atoms with Gasteiger partial charge in [-0.1, -0.05) is 0 Å². The first kappa shape index (κ1) is 15.3. The molecule has 1 aliphatic heterocycles. The third kappa shape index (κ3) is 4.83. The maximum Gasteiger partial charge on any atom is 0.321 e. The first-order valence-electron chi connectivity index (χ1n) is 5.89. The lowest BCUT2D eigenvalue weighted by Gasteiger charge is -2.35. The number of aliphatic carboxylic acids is 1. The Morgan fingerprint density at radius 2 is 2.00 bits per heavy atom. The standard InChI is InChI=1S/C11H20N2O4S/c1-7-3-13(4-8(2)17-7)10(14)6-18-5-9(12)11(15)16/h7-9H,3-6,12H2,1-2H3,(H,15,16). The Labute approximate surface area is 111 Å². The van der Waals surface area contributed by atoms with Gasteiger partial charge in [0.05, 0.1) is 18.0 Å². The van der Waals surface area contributed by atoms with Crippen LogP contribution >= 0.6 is 11.8 Å². The second-order valence-corrected chi connectivity index (χ2v) is 5.55. The molecule has 7 heteroatoms. The molecular weight excluding hydrogens is 256 g/mol. The lowest BCUT2D eigenvalue weighted by molar-refractivity contribution is -0.140. The molecule has 1 saturated heterocycles. The molecule has 0 saturated carbocycles. The van der Waals surface area contributed by atoms with Crippen molar-refractivity contribution >= 4 is 23.6 Å². The van der Waals surface area contributed by atoms with Crippen LogP contribution in [0.1, 0.15) is 13.8 Å². The van der Waals surface area contributed by atoms with Crippen molar-refractivity contribution < 1.29 is 19.4 Å². The second kappa shape index (κ2) is 6.96. The molecule has 1 amide bonds. The fourth-order valence-electron chi connectivity index (χ4n) is 1.82. The monoisotopic (exact) mass is 276 g/mol. The summed E-state index contributed by atoms with van der Waals surface area (Å²) in [5.41, 5.74) is 5.36. The van der Waals surface area contributed by atoms with Gasteiger partial charge in [-0.2, -0.15) is 0 Å². The molecule has 0 aromatic carbocycles. The van der Waals surface area contributed by atoms with Gasteiger partial charge < -0.3 is 20.5 Å². The van der Waals surface area contributed by atoms with E-state index in [-0.39, 0.29) is 29.6 Å². The number of rotatable bonds is 5. The summed E-state index contributed by atoms with van der Waals surface area (Å²) in [6.45, 7) is 5.05. The number of thioether (sulfide) groups is 1. The van der Waals surface area contributed by atoms with Crippen LogP contribution in [-0.4, -0.2) is 64.7 Å². The van der Waals surface area contributed by atoms with E-state index in [9.17, 15) is 9.59 Å². The van der Waals surface area contributed by atoms with Crippen molar-refractivity contribution in [3.05, 3.63) is 0 Å². The highest BCUT2D eigenvalue weighted by atomic mass is 32.2. The van der Waals surface area contributed by atoms with Crippen LogP contribution in [0.2, 0.25) is 0 Å². The van der Waals surface area contributed by atoms with Gasteiger partial charge in [-0.05, 0) is 13.8 Å². The number of amides is 1. The summed E-state index contributed by atoms with van der Waals surface area (Å²) >= 11 is 1.26. The van der Waals surface area contributed by atoms with Gasteiger partial charge in [-0.15, -0.1) is 11.8 Å². The predicted octanol–water partition coefficient (Wildman–Crippen LogP) is -0.233. The molecule has 3 unspecified atom stereocenters. The van der Waals surface area contributed by atoms with E-state index < -0.39 is 12.0 Å². The van der Waals surface area contributed by atoms with Gasteiger partial charge in [0.25, 0.3) is 0 Å². The van der Waals surface area contributed by atoms with Gasteiger partial charge in [-0.25, -0.2) is 0 Å². The van der Waals surface area contributed by atoms with E-state index in [0.717, 1.165) is 0 Å². The van der Waals surface area contributed by atoms with Gasteiger partial charge in [0.2, 0.25) is 5.91 Å². The minimum absolute atomic E-state index is 0.0135. The minimum atomic E-state index is -1.04. The van der Waals surface area contributed by atoms with E-state index in [0.29, 0.717) is 13.1 Å². The Hall–Kier alpha value is -0.790. The van der Waals surface area contributed by atoms with Crippen molar-refractivity contribution in [3.63, 3.8) is 0 Å². The molecule has 0 radical (unpaired) electrons. The SMILES string of the molecule is CC1CN(C(=O)CSCC(N)C(=O)O)CC(C)O1. The summed E-state index contributed by atoms with van der Waals surface area (Å²) in [6.07, 6.45) is 0.0907. The molecule has 3 N–H and O–H groups in total. The summed E-state index contributed by atoms with van der Waals surface area (Å²) in [4.78, 5) is 24.2. The minimum Gasteiger partial charge on any atom is -0.480 e. The first-order valence-corrected chi connectivity index (χ1v) is 7.05. The van der Waals surface area contributed by atoms with Crippen LogP contribution in [0.25, 0.3) is 0 Å². The fraction of sp³-hybridized carbons (Fsp3) is 0.818. The summed E-state index contributed by atoms with van der Waals surface area (Å²) < 4.78 is 5.54. The van der Waals surface area contributed by atoms with Gasteiger partial charge in [0, 0.05) is 18.8 Å². The average molecular weight is 276 g/mol. The van der Waals surface area contributed by atoms with Crippen LogP contribution in [-0.2, 0) is 14.3 Å². The molecule has 0 aromatic rings.